The first-order chi connectivity index (χ1) is 13.9. The number of amides is 1. The lowest BCUT2D eigenvalue weighted by Gasteiger charge is -2.08. The molecule has 0 fully saturated rings. The third kappa shape index (κ3) is 5.18. The van der Waals surface area contributed by atoms with Crippen LogP contribution < -0.4 is 10.0 Å². The van der Waals surface area contributed by atoms with Gasteiger partial charge < -0.3 is 10.1 Å². The minimum absolute atomic E-state index is 0.0462. The quantitative estimate of drug-likeness (QED) is 0.581. The second-order valence-corrected chi connectivity index (χ2v) is 7.98. The van der Waals surface area contributed by atoms with Crippen LogP contribution in [0.2, 0.25) is 0 Å². The fourth-order valence-corrected chi connectivity index (χ4v) is 3.76. The van der Waals surface area contributed by atoms with Crippen LogP contribution in [-0.4, -0.2) is 33.4 Å². The molecule has 3 aromatic rings. The topological polar surface area (TPSA) is 102 Å². The van der Waals surface area contributed by atoms with Crippen molar-refractivity contribution in [3.63, 3.8) is 0 Å². The average Bonchev–Trinajstić information content (AvgIpc) is 2.72. The minimum atomic E-state index is -3.60. The van der Waals surface area contributed by atoms with E-state index in [0.29, 0.717) is 5.69 Å². The molecular weight excluding hydrogens is 392 g/mol. The Morgan fingerprint density at radius 3 is 2.31 bits per heavy atom. The van der Waals surface area contributed by atoms with E-state index in [-0.39, 0.29) is 17.0 Å². The molecule has 0 aliphatic carbocycles. The van der Waals surface area contributed by atoms with Crippen LogP contribution in [0, 0.1) is 0 Å². The van der Waals surface area contributed by atoms with Crippen molar-refractivity contribution in [2.45, 2.75) is 11.8 Å². The van der Waals surface area contributed by atoms with E-state index >= 15 is 0 Å². The van der Waals surface area contributed by atoms with E-state index in [4.69, 9.17) is 4.74 Å². The second-order valence-electron chi connectivity index (χ2n) is 6.21. The van der Waals surface area contributed by atoms with Crippen LogP contribution in [0.3, 0.4) is 0 Å². The number of hydrogen-bond acceptors (Lipinski definition) is 5. The molecule has 0 saturated heterocycles. The standard InChI is InChI=1S/C21H20N2O5S/c1-2-22-29(26,27)19-11-8-16(9-12-19)21(25)28-14-20(24)23-18-10-7-15-5-3-4-6-17(15)13-18/h3-13,22H,2,14H2,1H3,(H,23,24). The van der Waals surface area contributed by atoms with Crippen LogP contribution in [0.5, 0.6) is 0 Å². The molecule has 7 nitrogen and oxygen atoms in total. The van der Waals surface area contributed by atoms with Crippen LogP contribution in [0.25, 0.3) is 10.8 Å². The summed E-state index contributed by atoms with van der Waals surface area (Å²) in [5, 5.41) is 4.71. The van der Waals surface area contributed by atoms with Crippen molar-refractivity contribution in [3.8, 4) is 0 Å². The highest BCUT2D eigenvalue weighted by molar-refractivity contribution is 7.89. The van der Waals surface area contributed by atoms with Gasteiger partial charge in [-0.25, -0.2) is 17.9 Å². The third-order valence-corrected chi connectivity index (χ3v) is 5.66. The summed E-state index contributed by atoms with van der Waals surface area (Å²) in [6, 6.07) is 18.5. The zero-order valence-corrected chi connectivity index (χ0v) is 16.5. The SMILES string of the molecule is CCNS(=O)(=O)c1ccc(C(=O)OCC(=O)Nc2ccc3ccccc3c2)cc1. The lowest BCUT2D eigenvalue weighted by atomic mass is 10.1. The lowest BCUT2D eigenvalue weighted by Crippen LogP contribution is -2.23. The predicted octanol–water partition coefficient (Wildman–Crippen LogP) is 2.93. The number of sulfonamides is 1. The van der Waals surface area contributed by atoms with Gasteiger partial charge in [-0.2, -0.15) is 0 Å². The molecule has 0 aliphatic heterocycles. The molecule has 0 radical (unpaired) electrons. The van der Waals surface area contributed by atoms with Crippen LogP contribution in [0.1, 0.15) is 17.3 Å². The first-order valence-electron chi connectivity index (χ1n) is 8.94. The molecule has 0 spiro atoms. The highest BCUT2D eigenvalue weighted by atomic mass is 32.2. The fourth-order valence-electron chi connectivity index (χ4n) is 2.72. The largest absolute Gasteiger partial charge is 0.452 e. The van der Waals surface area contributed by atoms with Crippen LogP contribution in [0.15, 0.2) is 71.6 Å². The first kappa shape index (κ1) is 20.5. The molecule has 0 atom stereocenters. The maximum absolute atomic E-state index is 12.1. The molecule has 3 rings (SSSR count). The third-order valence-electron chi connectivity index (χ3n) is 4.10. The van der Waals surface area contributed by atoms with Gasteiger partial charge in [-0.15, -0.1) is 0 Å². The molecular formula is C21H20N2O5S. The molecule has 8 heteroatoms. The number of fused-ring (bicyclic) bond motifs is 1. The van der Waals surface area contributed by atoms with Crippen LogP contribution in [-0.2, 0) is 19.6 Å². The van der Waals surface area contributed by atoms with E-state index in [0.717, 1.165) is 10.8 Å². The van der Waals surface area contributed by atoms with Gasteiger partial charge in [0.05, 0.1) is 10.5 Å². The summed E-state index contributed by atoms with van der Waals surface area (Å²) in [7, 11) is -3.60. The number of carbonyl (C=O) groups excluding carboxylic acids is 2. The van der Waals surface area contributed by atoms with Crippen molar-refractivity contribution in [3.05, 3.63) is 72.3 Å². The van der Waals surface area contributed by atoms with E-state index in [1.165, 1.54) is 24.3 Å². The molecule has 0 heterocycles. The monoisotopic (exact) mass is 412 g/mol. The second kappa shape index (κ2) is 8.85. The molecule has 0 saturated carbocycles. The number of hydrogen-bond donors (Lipinski definition) is 2. The molecule has 1 amide bonds. The summed E-state index contributed by atoms with van der Waals surface area (Å²) in [6.45, 7) is 1.48. The van der Waals surface area contributed by atoms with Gasteiger partial charge in [-0.3, -0.25) is 4.79 Å². The molecule has 29 heavy (non-hydrogen) atoms. The summed E-state index contributed by atoms with van der Waals surface area (Å²) >= 11 is 0. The molecule has 0 bridgehead atoms. The van der Waals surface area contributed by atoms with Gasteiger partial charge >= 0.3 is 5.97 Å². The van der Waals surface area contributed by atoms with Crippen LogP contribution >= 0.6 is 0 Å². The van der Waals surface area contributed by atoms with Crippen molar-refractivity contribution in [1.82, 2.24) is 4.72 Å². The van der Waals surface area contributed by atoms with E-state index in [2.05, 4.69) is 10.0 Å². The Morgan fingerprint density at radius 2 is 1.62 bits per heavy atom. The van der Waals surface area contributed by atoms with Gasteiger partial charge in [-0.1, -0.05) is 37.3 Å². The van der Waals surface area contributed by atoms with E-state index in [1.54, 1.807) is 13.0 Å². The average molecular weight is 412 g/mol. The predicted molar refractivity (Wildman–Crippen MR) is 110 cm³/mol. The highest BCUT2D eigenvalue weighted by Gasteiger charge is 2.15. The number of nitrogens with one attached hydrogen (secondary N) is 2. The summed E-state index contributed by atoms with van der Waals surface area (Å²) in [5.74, 6) is -1.19. The van der Waals surface area contributed by atoms with Crippen molar-refractivity contribution < 1.29 is 22.7 Å². The van der Waals surface area contributed by atoms with Gasteiger partial charge in [0.25, 0.3) is 5.91 Å². The van der Waals surface area contributed by atoms with E-state index in [1.807, 2.05) is 36.4 Å². The molecule has 2 N–H and O–H groups in total. The Labute approximate surface area is 168 Å². The summed E-state index contributed by atoms with van der Waals surface area (Å²) in [4.78, 5) is 24.2. The van der Waals surface area contributed by atoms with E-state index < -0.39 is 28.5 Å². The number of anilines is 1. The van der Waals surface area contributed by atoms with Crippen molar-refractivity contribution in [1.29, 1.82) is 0 Å². The Kier molecular flexibility index (Phi) is 6.26. The number of benzene rings is 3. The normalized spacial score (nSPS) is 11.2. The molecule has 0 unspecified atom stereocenters. The number of ether oxygens (including phenoxy) is 1. The fraction of sp³-hybridized carbons (Fsp3) is 0.143. The van der Waals surface area contributed by atoms with Crippen molar-refractivity contribution in [2.24, 2.45) is 0 Å². The van der Waals surface area contributed by atoms with E-state index in [9.17, 15) is 18.0 Å². The van der Waals surface area contributed by atoms with Crippen LogP contribution in [0.4, 0.5) is 5.69 Å². The smallest absolute Gasteiger partial charge is 0.338 e. The highest BCUT2D eigenvalue weighted by Crippen LogP contribution is 2.18. The summed E-state index contributed by atoms with van der Waals surface area (Å²) < 4.78 is 31.2. The lowest BCUT2D eigenvalue weighted by molar-refractivity contribution is -0.119. The zero-order chi connectivity index (χ0) is 20.9. The Hall–Kier alpha value is -3.23. The Morgan fingerprint density at radius 1 is 0.931 bits per heavy atom. The Bertz CT molecular complexity index is 1140. The van der Waals surface area contributed by atoms with Gasteiger partial charge in [0.2, 0.25) is 10.0 Å². The minimum Gasteiger partial charge on any atom is -0.452 e. The summed E-state index contributed by atoms with van der Waals surface area (Å²) in [6.07, 6.45) is 0. The maximum Gasteiger partial charge on any atom is 0.338 e. The van der Waals surface area contributed by atoms with Crippen molar-refractivity contribution in [2.75, 3.05) is 18.5 Å². The zero-order valence-electron chi connectivity index (χ0n) is 15.7. The Balaban J connectivity index is 1.57. The molecule has 0 aromatic heterocycles. The maximum atomic E-state index is 12.1. The number of carbonyl (C=O) groups is 2. The first-order valence-corrected chi connectivity index (χ1v) is 10.4. The summed E-state index contributed by atoms with van der Waals surface area (Å²) in [5.41, 5.74) is 0.752. The van der Waals surface area contributed by atoms with Crippen molar-refractivity contribution >= 4 is 38.4 Å². The van der Waals surface area contributed by atoms with Gasteiger partial charge in [0.15, 0.2) is 6.61 Å². The number of rotatable bonds is 7. The van der Waals surface area contributed by atoms with Gasteiger partial charge in [-0.05, 0) is 47.2 Å². The van der Waals surface area contributed by atoms with Gasteiger partial charge in [0.1, 0.15) is 0 Å². The molecule has 3 aromatic carbocycles. The molecule has 150 valence electrons. The number of esters is 1. The van der Waals surface area contributed by atoms with Gasteiger partial charge in [0, 0.05) is 12.2 Å². The molecule has 0 aliphatic rings.